The van der Waals surface area contributed by atoms with Gasteiger partial charge >= 0.3 is 0 Å². The fraction of sp³-hybridized carbons (Fsp3) is 0.0714. The van der Waals surface area contributed by atoms with Crippen LogP contribution < -0.4 is 5.73 Å². The van der Waals surface area contributed by atoms with Gasteiger partial charge in [-0.05, 0) is 23.6 Å². The van der Waals surface area contributed by atoms with Gasteiger partial charge in [0.05, 0.1) is 5.54 Å². The third-order valence-electron chi connectivity index (χ3n) is 5.57. The minimum Gasteiger partial charge on any atom is -0.314 e. The third-order valence-corrected chi connectivity index (χ3v) is 5.57. The van der Waals surface area contributed by atoms with E-state index in [1.165, 1.54) is 0 Å². The molecule has 3 heteroatoms. The molecule has 0 spiro atoms. The van der Waals surface area contributed by atoms with Gasteiger partial charge in [0.2, 0.25) is 11.6 Å². The Morgan fingerprint density at radius 1 is 0.613 bits per heavy atom. The predicted octanol–water partition coefficient (Wildman–Crippen LogP) is 5.31. The highest BCUT2D eigenvalue weighted by Gasteiger charge is 2.36. The first-order valence-corrected chi connectivity index (χ1v) is 10.2. The van der Waals surface area contributed by atoms with Gasteiger partial charge in [-0.3, -0.25) is 9.59 Å². The molecular weight excluding hydrogens is 382 g/mol. The monoisotopic (exact) mass is 405 g/mol. The van der Waals surface area contributed by atoms with E-state index in [1.807, 2.05) is 91.9 Å². The average Bonchev–Trinajstić information content (AvgIpc) is 2.84. The van der Waals surface area contributed by atoms with Gasteiger partial charge in [-0.25, -0.2) is 0 Å². The van der Waals surface area contributed by atoms with Gasteiger partial charge in [0.15, 0.2) is 0 Å². The molecule has 0 atom stereocenters. The summed E-state index contributed by atoms with van der Waals surface area (Å²) < 4.78 is 0. The Balaban J connectivity index is 1.88. The molecule has 0 saturated heterocycles. The van der Waals surface area contributed by atoms with E-state index in [2.05, 4.69) is 0 Å². The van der Waals surface area contributed by atoms with Crippen LogP contribution >= 0.6 is 0 Å². The first-order valence-electron chi connectivity index (χ1n) is 10.2. The summed E-state index contributed by atoms with van der Waals surface area (Å²) in [6.07, 6.45) is 0. The number of aryl methyl sites for hydroxylation is 1. The van der Waals surface area contributed by atoms with E-state index in [0.29, 0.717) is 16.7 Å². The summed E-state index contributed by atoms with van der Waals surface area (Å²) in [5.74, 6) is -1.11. The van der Waals surface area contributed by atoms with Gasteiger partial charge in [0.25, 0.3) is 0 Å². The summed E-state index contributed by atoms with van der Waals surface area (Å²) in [5, 5.41) is 0. The minimum absolute atomic E-state index is 0.309. The van der Waals surface area contributed by atoms with Crippen LogP contribution in [0.5, 0.6) is 0 Å². The second-order valence-electron chi connectivity index (χ2n) is 7.61. The SMILES string of the molecule is Cc1ccc(C(=O)C(=O)c2ccccc2C(N)(c2ccccc2)c2ccccc2)cc1. The molecular formula is C28H23NO2. The molecule has 0 amide bonds. The Labute approximate surface area is 182 Å². The van der Waals surface area contributed by atoms with Gasteiger partial charge in [-0.2, -0.15) is 0 Å². The van der Waals surface area contributed by atoms with Gasteiger partial charge in [0.1, 0.15) is 0 Å². The zero-order valence-corrected chi connectivity index (χ0v) is 17.3. The molecule has 4 rings (SSSR count). The van der Waals surface area contributed by atoms with Crippen molar-refractivity contribution in [3.8, 4) is 0 Å². The van der Waals surface area contributed by atoms with Crippen LogP contribution in [-0.4, -0.2) is 11.6 Å². The quantitative estimate of drug-likeness (QED) is 0.269. The van der Waals surface area contributed by atoms with Crippen LogP contribution in [0.1, 0.15) is 43.0 Å². The lowest BCUT2D eigenvalue weighted by Crippen LogP contribution is -2.41. The largest absolute Gasteiger partial charge is 0.314 e. The van der Waals surface area contributed by atoms with Crippen LogP contribution in [0, 0.1) is 6.92 Å². The Morgan fingerprint density at radius 3 is 1.65 bits per heavy atom. The summed E-state index contributed by atoms with van der Waals surface area (Å²) in [6, 6.07) is 33.4. The molecule has 0 heterocycles. The van der Waals surface area contributed by atoms with Crippen molar-refractivity contribution in [3.63, 3.8) is 0 Å². The van der Waals surface area contributed by atoms with Crippen LogP contribution in [0.25, 0.3) is 0 Å². The summed E-state index contributed by atoms with van der Waals surface area (Å²) in [4.78, 5) is 26.4. The third kappa shape index (κ3) is 3.83. The minimum atomic E-state index is -1.09. The predicted molar refractivity (Wildman–Crippen MR) is 123 cm³/mol. The van der Waals surface area contributed by atoms with E-state index in [4.69, 9.17) is 5.73 Å². The van der Waals surface area contributed by atoms with Crippen LogP contribution in [0.4, 0.5) is 0 Å². The number of rotatable bonds is 6. The standard InChI is InChI=1S/C28H23NO2/c1-20-16-18-21(19-17-20)26(30)27(31)24-14-8-9-15-25(24)28(29,22-10-4-2-5-11-22)23-12-6-3-7-13-23/h2-19H,29H2,1H3. The summed E-state index contributed by atoms with van der Waals surface area (Å²) >= 11 is 0. The highest BCUT2D eigenvalue weighted by atomic mass is 16.2. The molecule has 0 bridgehead atoms. The number of hydrogen-bond acceptors (Lipinski definition) is 3. The fourth-order valence-corrected chi connectivity index (χ4v) is 3.86. The zero-order chi connectivity index (χ0) is 21.8. The molecule has 0 aliphatic heterocycles. The number of carbonyl (C=O) groups is 2. The molecule has 3 nitrogen and oxygen atoms in total. The zero-order valence-electron chi connectivity index (χ0n) is 17.3. The molecule has 0 aliphatic carbocycles. The molecule has 31 heavy (non-hydrogen) atoms. The highest BCUT2D eigenvalue weighted by Crippen LogP contribution is 2.36. The van der Waals surface area contributed by atoms with Gasteiger partial charge in [-0.15, -0.1) is 0 Å². The molecule has 0 unspecified atom stereocenters. The van der Waals surface area contributed by atoms with E-state index in [0.717, 1.165) is 16.7 Å². The molecule has 4 aromatic rings. The fourth-order valence-electron chi connectivity index (χ4n) is 3.86. The summed E-state index contributed by atoms with van der Waals surface area (Å²) in [5.41, 5.74) is 9.97. The van der Waals surface area contributed by atoms with Crippen molar-refractivity contribution < 1.29 is 9.59 Å². The number of Topliss-reactive ketones (excluding diaryl/α,β-unsaturated/α-hetero) is 2. The Kier molecular flexibility index (Phi) is 5.61. The van der Waals surface area contributed by atoms with Crippen LogP contribution in [0.2, 0.25) is 0 Å². The maximum Gasteiger partial charge on any atom is 0.233 e. The van der Waals surface area contributed by atoms with E-state index in [1.54, 1.807) is 24.3 Å². The van der Waals surface area contributed by atoms with E-state index in [-0.39, 0.29) is 0 Å². The Morgan fingerprint density at radius 2 is 1.10 bits per heavy atom. The van der Waals surface area contributed by atoms with Gasteiger partial charge in [-0.1, -0.05) is 115 Å². The van der Waals surface area contributed by atoms with E-state index >= 15 is 0 Å². The van der Waals surface area contributed by atoms with Crippen molar-refractivity contribution in [1.29, 1.82) is 0 Å². The second-order valence-corrected chi connectivity index (χ2v) is 7.61. The molecule has 2 N–H and O–H groups in total. The van der Waals surface area contributed by atoms with Gasteiger partial charge < -0.3 is 5.73 Å². The topological polar surface area (TPSA) is 60.2 Å². The summed E-state index contributed by atoms with van der Waals surface area (Å²) in [6.45, 7) is 1.94. The molecule has 0 fully saturated rings. The lowest BCUT2D eigenvalue weighted by Gasteiger charge is -2.33. The van der Waals surface area contributed by atoms with Crippen molar-refractivity contribution >= 4 is 11.6 Å². The van der Waals surface area contributed by atoms with Crippen molar-refractivity contribution in [1.82, 2.24) is 0 Å². The van der Waals surface area contributed by atoms with Crippen molar-refractivity contribution in [2.45, 2.75) is 12.5 Å². The first-order chi connectivity index (χ1) is 15.0. The second kappa shape index (κ2) is 8.50. The first kappa shape index (κ1) is 20.5. The number of nitrogens with two attached hydrogens (primary N) is 1. The lowest BCUT2D eigenvalue weighted by molar-refractivity contribution is 0.0816. The number of ketones is 2. The smallest absolute Gasteiger partial charge is 0.233 e. The highest BCUT2D eigenvalue weighted by molar-refractivity contribution is 6.49. The van der Waals surface area contributed by atoms with Crippen molar-refractivity contribution in [3.05, 3.63) is 143 Å². The van der Waals surface area contributed by atoms with E-state index in [9.17, 15) is 9.59 Å². The van der Waals surface area contributed by atoms with Crippen molar-refractivity contribution in [2.75, 3.05) is 0 Å². The molecule has 0 aromatic heterocycles. The number of carbonyl (C=O) groups excluding carboxylic acids is 2. The van der Waals surface area contributed by atoms with Crippen LogP contribution in [0.15, 0.2) is 109 Å². The molecule has 0 saturated carbocycles. The lowest BCUT2D eigenvalue weighted by atomic mass is 9.75. The number of hydrogen-bond donors (Lipinski definition) is 1. The summed E-state index contributed by atoms with van der Waals surface area (Å²) in [7, 11) is 0. The molecule has 0 aliphatic rings. The molecule has 4 aromatic carbocycles. The van der Waals surface area contributed by atoms with Gasteiger partial charge in [0, 0.05) is 11.1 Å². The van der Waals surface area contributed by atoms with Crippen LogP contribution in [0.3, 0.4) is 0 Å². The molecule has 0 radical (unpaired) electrons. The maximum absolute atomic E-state index is 13.4. The molecule has 152 valence electrons. The van der Waals surface area contributed by atoms with Crippen LogP contribution in [-0.2, 0) is 5.54 Å². The normalized spacial score (nSPS) is 11.2. The Hall–Kier alpha value is -3.82. The van der Waals surface area contributed by atoms with Crippen molar-refractivity contribution in [2.24, 2.45) is 5.73 Å². The Bertz CT molecular complexity index is 1170. The van der Waals surface area contributed by atoms with E-state index < -0.39 is 17.1 Å². The number of benzene rings is 4. The average molecular weight is 405 g/mol. The maximum atomic E-state index is 13.4.